The van der Waals surface area contributed by atoms with Gasteiger partial charge in [0.15, 0.2) is 5.43 Å². The second-order valence-electron chi connectivity index (χ2n) is 2.76. The first-order valence-electron chi connectivity index (χ1n) is 4.03. The van der Waals surface area contributed by atoms with Crippen LogP contribution >= 0.6 is 0 Å². The summed E-state index contributed by atoms with van der Waals surface area (Å²) < 4.78 is 4.56. The topological polar surface area (TPSA) is 59.2 Å². The molecular weight excluding hydrogens is 182 g/mol. The molecule has 2 rings (SSSR count). The number of hydrogen-bond donors (Lipinski definition) is 1. The van der Waals surface area contributed by atoms with Crippen LogP contribution in [0.25, 0.3) is 10.9 Å². The van der Waals surface area contributed by atoms with Crippen molar-refractivity contribution in [3.8, 4) is 5.88 Å². The fourth-order valence-corrected chi connectivity index (χ4v) is 1.29. The Labute approximate surface area is 79.1 Å². The molecule has 4 heteroatoms. The number of benzene rings is 1. The molecule has 0 fully saturated rings. The maximum Gasteiger partial charge on any atom is 0.299 e. The van der Waals surface area contributed by atoms with E-state index in [4.69, 9.17) is 0 Å². The van der Waals surface area contributed by atoms with Crippen molar-refractivity contribution < 1.29 is 9.53 Å². The van der Waals surface area contributed by atoms with Gasteiger partial charge in [-0.2, -0.15) is 0 Å². The Kier molecular flexibility index (Phi) is 2.02. The lowest BCUT2D eigenvalue weighted by molar-refractivity contribution is -0.120. The molecule has 0 amide bonds. The van der Waals surface area contributed by atoms with Crippen LogP contribution < -0.4 is 10.2 Å². The van der Waals surface area contributed by atoms with Gasteiger partial charge in [-0.25, -0.2) is 0 Å². The number of rotatable bonds is 2. The highest BCUT2D eigenvalue weighted by Crippen LogP contribution is 2.10. The zero-order chi connectivity index (χ0) is 9.97. The van der Waals surface area contributed by atoms with E-state index in [2.05, 4.69) is 9.72 Å². The van der Waals surface area contributed by atoms with Crippen molar-refractivity contribution in [2.75, 3.05) is 0 Å². The van der Waals surface area contributed by atoms with Crippen molar-refractivity contribution in [1.82, 2.24) is 4.98 Å². The fraction of sp³-hybridized carbons (Fsp3) is 0. The minimum atomic E-state index is -0.170. The number of carbonyl (C=O) groups excluding carboxylic acids is 1. The molecule has 0 bridgehead atoms. The molecule has 0 spiro atoms. The summed E-state index contributed by atoms with van der Waals surface area (Å²) in [7, 11) is 0. The number of carbonyl (C=O) groups is 1. The second-order valence-corrected chi connectivity index (χ2v) is 2.76. The van der Waals surface area contributed by atoms with Crippen molar-refractivity contribution in [3.05, 3.63) is 40.6 Å². The van der Waals surface area contributed by atoms with Gasteiger partial charge in [0, 0.05) is 11.5 Å². The van der Waals surface area contributed by atoms with E-state index in [1.165, 1.54) is 6.07 Å². The summed E-state index contributed by atoms with van der Waals surface area (Å²) >= 11 is 0. The van der Waals surface area contributed by atoms with Crippen molar-refractivity contribution in [2.45, 2.75) is 0 Å². The number of aromatic nitrogens is 1. The SMILES string of the molecule is O=COc1cc(=O)c2ccccc2[nH]1. The predicted octanol–water partition coefficient (Wildman–Crippen LogP) is 1.06. The monoisotopic (exact) mass is 189 g/mol. The van der Waals surface area contributed by atoms with E-state index in [0.29, 0.717) is 10.9 Å². The molecule has 70 valence electrons. The minimum Gasteiger partial charge on any atom is -0.412 e. The van der Waals surface area contributed by atoms with Gasteiger partial charge in [-0.3, -0.25) is 9.59 Å². The van der Waals surface area contributed by atoms with Crippen LogP contribution in [0.2, 0.25) is 0 Å². The summed E-state index contributed by atoms with van der Waals surface area (Å²) in [5.74, 6) is 0.156. The molecule has 14 heavy (non-hydrogen) atoms. The molecule has 1 aromatic carbocycles. The van der Waals surface area contributed by atoms with Crippen molar-refractivity contribution in [1.29, 1.82) is 0 Å². The average molecular weight is 189 g/mol. The zero-order valence-corrected chi connectivity index (χ0v) is 7.19. The predicted molar refractivity (Wildman–Crippen MR) is 51.3 cm³/mol. The van der Waals surface area contributed by atoms with Crippen molar-refractivity contribution in [3.63, 3.8) is 0 Å². The number of ether oxygens (including phenoxy) is 1. The molecule has 0 unspecified atom stereocenters. The fourth-order valence-electron chi connectivity index (χ4n) is 1.29. The highest BCUT2D eigenvalue weighted by atomic mass is 16.5. The van der Waals surface area contributed by atoms with Crippen LogP contribution in [0.15, 0.2) is 35.1 Å². The Morgan fingerprint density at radius 3 is 2.86 bits per heavy atom. The molecule has 4 nitrogen and oxygen atoms in total. The molecule has 0 atom stereocenters. The summed E-state index contributed by atoms with van der Waals surface area (Å²) in [6.45, 7) is 0.278. The van der Waals surface area contributed by atoms with Gasteiger partial charge in [0.1, 0.15) is 0 Å². The van der Waals surface area contributed by atoms with Gasteiger partial charge in [-0.05, 0) is 12.1 Å². The number of para-hydroxylation sites is 1. The molecule has 0 aliphatic carbocycles. The van der Waals surface area contributed by atoms with E-state index in [9.17, 15) is 9.59 Å². The molecule has 1 N–H and O–H groups in total. The van der Waals surface area contributed by atoms with Gasteiger partial charge in [-0.1, -0.05) is 12.1 Å². The number of pyridine rings is 1. The highest BCUT2D eigenvalue weighted by molar-refractivity contribution is 5.78. The Bertz CT molecular complexity index is 530. The molecular formula is C10H7NO3. The van der Waals surface area contributed by atoms with E-state index in [1.807, 2.05) is 0 Å². The molecule has 0 aliphatic heterocycles. The number of nitrogens with one attached hydrogen (secondary N) is 1. The summed E-state index contributed by atoms with van der Waals surface area (Å²) in [6, 6.07) is 8.27. The second kappa shape index (κ2) is 3.33. The minimum absolute atomic E-state index is 0.156. The molecule has 0 radical (unpaired) electrons. The van der Waals surface area contributed by atoms with Crippen LogP contribution in [0.1, 0.15) is 0 Å². The first kappa shape index (κ1) is 8.50. The molecule has 2 aromatic rings. The maximum absolute atomic E-state index is 11.5. The number of H-pyrrole nitrogens is 1. The van der Waals surface area contributed by atoms with Gasteiger partial charge < -0.3 is 9.72 Å². The summed E-state index contributed by atoms with van der Waals surface area (Å²) in [4.78, 5) is 24.4. The molecule has 1 heterocycles. The number of hydrogen-bond acceptors (Lipinski definition) is 3. The Balaban J connectivity index is 2.72. The summed E-state index contributed by atoms with van der Waals surface area (Å²) in [6.07, 6.45) is 0. The number of fused-ring (bicyclic) bond motifs is 1. The maximum atomic E-state index is 11.5. The zero-order valence-electron chi connectivity index (χ0n) is 7.19. The molecule has 0 aliphatic rings. The van der Waals surface area contributed by atoms with Gasteiger partial charge >= 0.3 is 0 Å². The van der Waals surface area contributed by atoms with Crippen LogP contribution in [-0.4, -0.2) is 11.5 Å². The van der Waals surface area contributed by atoms with Gasteiger partial charge in [-0.15, -0.1) is 0 Å². The van der Waals surface area contributed by atoms with Gasteiger partial charge in [0.2, 0.25) is 5.88 Å². The Morgan fingerprint density at radius 2 is 2.07 bits per heavy atom. The van der Waals surface area contributed by atoms with Crippen LogP contribution in [0, 0.1) is 0 Å². The molecule has 1 aromatic heterocycles. The summed E-state index contributed by atoms with van der Waals surface area (Å²) in [5.41, 5.74) is 0.480. The quantitative estimate of drug-likeness (QED) is 0.718. The third kappa shape index (κ3) is 1.37. The third-order valence-corrected chi connectivity index (χ3v) is 1.89. The van der Waals surface area contributed by atoms with E-state index in [-0.39, 0.29) is 17.8 Å². The standard InChI is InChI=1S/C10H7NO3/c12-6-14-10-5-9(13)7-3-1-2-4-8(7)11-10/h1-6H,(H,11,13). The lowest BCUT2D eigenvalue weighted by atomic mass is 10.2. The van der Waals surface area contributed by atoms with Gasteiger partial charge in [0.05, 0.1) is 5.52 Å². The lowest BCUT2D eigenvalue weighted by Crippen LogP contribution is -2.03. The van der Waals surface area contributed by atoms with Crippen LogP contribution in [0.5, 0.6) is 5.88 Å². The van der Waals surface area contributed by atoms with Crippen molar-refractivity contribution >= 4 is 17.4 Å². The van der Waals surface area contributed by atoms with Crippen LogP contribution in [0.3, 0.4) is 0 Å². The largest absolute Gasteiger partial charge is 0.412 e. The van der Waals surface area contributed by atoms with Crippen molar-refractivity contribution in [2.24, 2.45) is 0 Å². The average Bonchev–Trinajstić information content (AvgIpc) is 2.18. The first-order chi connectivity index (χ1) is 6.81. The van der Waals surface area contributed by atoms with Gasteiger partial charge in [0.25, 0.3) is 6.47 Å². The van der Waals surface area contributed by atoms with E-state index in [0.717, 1.165) is 0 Å². The Morgan fingerprint density at radius 1 is 1.29 bits per heavy atom. The van der Waals surface area contributed by atoms with E-state index < -0.39 is 0 Å². The first-order valence-corrected chi connectivity index (χ1v) is 4.03. The summed E-state index contributed by atoms with van der Waals surface area (Å²) in [5, 5.41) is 0.575. The van der Waals surface area contributed by atoms with Crippen LogP contribution in [-0.2, 0) is 4.79 Å². The smallest absolute Gasteiger partial charge is 0.299 e. The third-order valence-electron chi connectivity index (χ3n) is 1.89. The normalized spacial score (nSPS) is 10.0. The highest BCUT2D eigenvalue weighted by Gasteiger charge is 2.00. The molecule has 0 saturated carbocycles. The number of aromatic amines is 1. The Hall–Kier alpha value is -2.10. The lowest BCUT2D eigenvalue weighted by Gasteiger charge is -2.00. The molecule has 0 saturated heterocycles. The van der Waals surface area contributed by atoms with E-state index in [1.54, 1.807) is 24.3 Å². The van der Waals surface area contributed by atoms with E-state index >= 15 is 0 Å². The van der Waals surface area contributed by atoms with Crippen LogP contribution in [0.4, 0.5) is 0 Å².